The van der Waals surface area contributed by atoms with Crippen molar-refractivity contribution in [2.24, 2.45) is 0 Å². The first kappa shape index (κ1) is 29.4. The third-order valence-electron chi connectivity index (χ3n) is 6.39. The molecule has 1 aliphatic rings. The summed E-state index contributed by atoms with van der Waals surface area (Å²) in [6, 6.07) is 7.70. The van der Waals surface area contributed by atoms with Crippen molar-refractivity contribution in [1.29, 1.82) is 0 Å². The van der Waals surface area contributed by atoms with Crippen LogP contribution in [0, 0.1) is 11.6 Å². The minimum Gasteiger partial charge on any atom is -0.496 e. The highest BCUT2D eigenvalue weighted by Crippen LogP contribution is 2.33. The Balaban J connectivity index is 1.61. The van der Waals surface area contributed by atoms with E-state index in [2.05, 4.69) is 15.3 Å². The Labute approximate surface area is 236 Å². The number of rotatable bonds is 6. The molecule has 0 aliphatic carbocycles. The number of hydrogen-bond acceptors (Lipinski definition) is 8. The lowest BCUT2D eigenvalue weighted by atomic mass is 10.1. The second kappa shape index (κ2) is 11.9. The molecule has 12 heteroatoms. The number of nitrogens with one attached hydrogen (secondary N) is 1. The maximum atomic E-state index is 14.7. The van der Waals surface area contributed by atoms with Crippen molar-refractivity contribution in [1.82, 2.24) is 14.9 Å². The molecule has 0 unspecified atom stereocenters. The topological polar surface area (TPSA) is 114 Å². The number of halogens is 2. The number of methoxy groups -OCH3 is 1. The summed E-state index contributed by atoms with van der Waals surface area (Å²) < 4.78 is 40.0. The van der Waals surface area contributed by atoms with Gasteiger partial charge < -0.3 is 24.6 Å². The molecule has 2 aromatic carbocycles. The van der Waals surface area contributed by atoms with Crippen LogP contribution in [-0.4, -0.2) is 71.5 Å². The Morgan fingerprint density at radius 1 is 1.12 bits per heavy atom. The Morgan fingerprint density at radius 3 is 2.54 bits per heavy atom. The number of aldehydes is 1. The third kappa shape index (κ3) is 6.59. The van der Waals surface area contributed by atoms with E-state index >= 15 is 0 Å². The van der Waals surface area contributed by atoms with Crippen molar-refractivity contribution < 1.29 is 32.6 Å². The zero-order valence-electron chi connectivity index (χ0n) is 23.4. The van der Waals surface area contributed by atoms with E-state index in [0.717, 1.165) is 6.07 Å². The molecule has 4 rings (SSSR count). The van der Waals surface area contributed by atoms with Gasteiger partial charge in [0, 0.05) is 37.9 Å². The van der Waals surface area contributed by atoms with E-state index in [1.54, 1.807) is 31.7 Å². The maximum absolute atomic E-state index is 14.7. The number of benzene rings is 2. The fraction of sp³-hybridized carbons (Fsp3) is 0.345. The van der Waals surface area contributed by atoms with E-state index in [9.17, 15) is 23.2 Å². The van der Waals surface area contributed by atoms with Gasteiger partial charge in [-0.1, -0.05) is 6.07 Å². The number of carbonyl (C=O) groups is 3. The summed E-state index contributed by atoms with van der Waals surface area (Å²) >= 11 is 0. The van der Waals surface area contributed by atoms with Gasteiger partial charge in [0.2, 0.25) is 0 Å². The smallest absolute Gasteiger partial charge is 0.410 e. The number of nitrogens with zero attached hydrogens (tertiary/aromatic N) is 4. The summed E-state index contributed by atoms with van der Waals surface area (Å²) in [4.78, 5) is 49.2. The van der Waals surface area contributed by atoms with Crippen molar-refractivity contribution >= 4 is 29.7 Å². The maximum Gasteiger partial charge on any atom is 0.410 e. The van der Waals surface area contributed by atoms with Crippen LogP contribution in [0.25, 0.3) is 11.4 Å². The molecule has 1 aromatic heterocycles. The first-order valence-electron chi connectivity index (χ1n) is 12.9. The zero-order chi connectivity index (χ0) is 29.9. The molecule has 3 aromatic rings. The fourth-order valence-corrected chi connectivity index (χ4v) is 4.48. The van der Waals surface area contributed by atoms with Gasteiger partial charge in [0.25, 0.3) is 5.91 Å². The van der Waals surface area contributed by atoms with Crippen LogP contribution in [0.3, 0.4) is 0 Å². The largest absolute Gasteiger partial charge is 0.496 e. The van der Waals surface area contributed by atoms with Gasteiger partial charge in [-0.15, -0.1) is 0 Å². The average Bonchev–Trinajstić information content (AvgIpc) is 2.92. The monoisotopic (exact) mass is 567 g/mol. The van der Waals surface area contributed by atoms with Crippen molar-refractivity contribution in [3.8, 4) is 17.1 Å². The minimum absolute atomic E-state index is 0.0106. The molecular weight excluding hydrogens is 536 g/mol. The molecule has 0 saturated carbocycles. The molecule has 1 fully saturated rings. The van der Waals surface area contributed by atoms with Crippen LogP contribution in [0.2, 0.25) is 0 Å². The molecule has 41 heavy (non-hydrogen) atoms. The van der Waals surface area contributed by atoms with Crippen LogP contribution in [0.5, 0.6) is 5.75 Å². The molecule has 10 nitrogen and oxygen atoms in total. The Hall–Kier alpha value is -4.61. The van der Waals surface area contributed by atoms with Gasteiger partial charge in [0.1, 0.15) is 28.7 Å². The van der Waals surface area contributed by atoms with E-state index in [-0.39, 0.29) is 40.1 Å². The number of ether oxygens (including phenoxy) is 2. The van der Waals surface area contributed by atoms with Crippen molar-refractivity contribution in [2.75, 3.05) is 37.0 Å². The second-order valence-electron chi connectivity index (χ2n) is 10.5. The van der Waals surface area contributed by atoms with Gasteiger partial charge >= 0.3 is 6.09 Å². The van der Waals surface area contributed by atoms with Gasteiger partial charge in [-0.3, -0.25) is 9.59 Å². The minimum atomic E-state index is -0.820. The summed E-state index contributed by atoms with van der Waals surface area (Å²) in [6.45, 7) is 8.17. The molecule has 1 atom stereocenters. The van der Waals surface area contributed by atoms with Crippen molar-refractivity contribution in [2.45, 2.75) is 39.3 Å². The lowest BCUT2D eigenvalue weighted by molar-refractivity contribution is 0.0159. The number of aromatic nitrogens is 2. The second-order valence-corrected chi connectivity index (χ2v) is 10.5. The lowest BCUT2D eigenvalue weighted by Crippen LogP contribution is -2.55. The first-order valence-corrected chi connectivity index (χ1v) is 12.9. The first-order chi connectivity index (χ1) is 19.4. The molecule has 0 radical (unpaired) electrons. The summed E-state index contributed by atoms with van der Waals surface area (Å²) in [5, 5.41) is 2.66. The van der Waals surface area contributed by atoms with Crippen LogP contribution in [0.1, 0.15) is 48.5 Å². The van der Waals surface area contributed by atoms with Crippen molar-refractivity contribution in [3.63, 3.8) is 0 Å². The molecule has 1 saturated heterocycles. The van der Waals surface area contributed by atoms with E-state index in [1.165, 1.54) is 37.6 Å². The van der Waals surface area contributed by atoms with Crippen LogP contribution < -0.4 is 15.0 Å². The van der Waals surface area contributed by atoms with E-state index in [0.29, 0.717) is 31.6 Å². The highest BCUT2D eigenvalue weighted by atomic mass is 19.1. The van der Waals surface area contributed by atoms with Crippen molar-refractivity contribution in [3.05, 3.63) is 65.5 Å². The predicted molar refractivity (Wildman–Crippen MR) is 148 cm³/mol. The standard InChI is InChI=1S/C29H31F2N5O5/c1-17-15-35(11-12-36(17)28(39)41-29(2,3)4)23-13-18(16-37)20(31)14-22(23)34-27(38)21-9-10-32-26(33-21)25-19(30)7-6-8-24(25)40-5/h6-10,13-14,16-17H,11-12,15H2,1-5H3,(H,34,38)/t17-/m0/s1. The molecule has 2 amide bonds. The van der Waals surface area contributed by atoms with Gasteiger partial charge in [-0.25, -0.2) is 23.5 Å². The molecular formula is C29H31F2N5O5. The number of amides is 2. The summed E-state index contributed by atoms with van der Waals surface area (Å²) in [7, 11) is 1.38. The van der Waals surface area contributed by atoms with Crippen LogP contribution in [0.15, 0.2) is 42.6 Å². The lowest BCUT2D eigenvalue weighted by Gasteiger charge is -2.41. The van der Waals surface area contributed by atoms with E-state index in [4.69, 9.17) is 9.47 Å². The third-order valence-corrected chi connectivity index (χ3v) is 6.39. The summed E-state index contributed by atoms with van der Waals surface area (Å²) in [5.41, 5.74) is -0.462. The highest BCUT2D eigenvalue weighted by Gasteiger charge is 2.32. The van der Waals surface area contributed by atoms with Gasteiger partial charge in [-0.2, -0.15) is 0 Å². The molecule has 0 spiro atoms. The SMILES string of the molecule is COc1cccc(F)c1-c1nccc(C(=O)Nc2cc(F)c(C=O)cc2N2CCN(C(=O)OC(C)(C)C)[C@@H](C)C2)n1. The van der Waals surface area contributed by atoms with Crippen LogP contribution >= 0.6 is 0 Å². The van der Waals surface area contributed by atoms with Gasteiger partial charge in [0.15, 0.2) is 12.1 Å². The number of piperazine rings is 1. The van der Waals surface area contributed by atoms with Crippen LogP contribution in [0.4, 0.5) is 25.0 Å². The Bertz CT molecular complexity index is 1480. The molecule has 1 N–H and O–H groups in total. The van der Waals surface area contributed by atoms with E-state index < -0.39 is 29.2 Å². The zero-order valence-corrected chi connectivity index (χ0v) is 23.4. The quantitative estimate of drug-likeness (QED) is 0.417. The molecule has 216 valence electrons. The highest BCUT2D eigenvalue weighted by molar-refractivity contribution is 6.05. The molecule has 0 bridgehead atoms. The number of anilines is 2. The summed E-state index contributed by atoms with van der Waals surface area (Å²) in [5.74, 6) is -2.03. The van der Waals surface area contributed by atoms with Gasteiger partial charge in [-0.05, 0) is 52.0 Å². The van der Waals surface area contributed by atoms with Gasteiger partial charge in [0.05, 0.1) is 29.6 Å². The molecule has 1 aliphatic heterocycles. The normalized spacial score (nSPS) is 15.3. The Morgan fingerprint density at radius 2 is 1.88 bits per heavy atom. The molecule has 2 heterocycles. The fourth-order valence-electron chi connectivity index (χ4n) is 4.48. The number of hydrogen-bond donors (Lipinski definition) is 1. The predicted octanol–water partition coefficient (Wildman–Crippen LogP) is 4.94. The Kier molecular flexibility index (Phi) is 8.50. The number of carbonyl (C=O) groups excluding carboxylic acids is 3. The van der Waals surface area contributed by atoms with Crippen LogP contribution in [-0.2, 0) is 4.74 Å². The average molecular weight is 568 g/mol. The van der Waals surface area contributed by atoms with E-state index in [1.807, 2.05) is 11.8 Å². The summed E-state index contributed by atoms with van der Waals surface area (Å²) in [6.07, 6.45) is 1.25.